The number of aromatic nitrogens is 1. The molecule has 4 heteroatoms. The molecule has 0 unspecified atom stereocenters. The summed E-state index contributed by atoms with van der Waals surface area (Å²) in [5.74, 6) is -0.257. The minimum absolute atomic E-state index is 0.114. The van der Waals surface area contributed by atoms with Crippen LogP contribution in [0, 0.1) is 6.92 Å². The van der Waals surface area contributed by atoms with Crippen molar-refractivity contribution in [3.63, 3.8) is 0 Å². The molecule has 20 heavy (non-hydrogen) atoms. The summed E-state index contributed by atoms with van der Waals surface area (Å²) in [7, 11) is 3.13. The Bertz CT molecular complexity index is 741. The third-order valence-electron chi connectivity index (χ3n) is 3.77. The van der Waals surface area contributed by atoms with Crippen LogP contribution in [0.1, 0.15) is 41.4 Å². The molecule has 0 aliphatic rings. The molecule has 0 bridgehead atoms. The molecule has 2 aromatic rings. The first-order valence-electron chi connectivity index (χ1n) is 6.60. The predicted molar refractivity (Wildman–Crippen MR) is 79.4 cm³/mol. The van der Waals surface area contributed by atoms with Gasteiger partial charge in [-0.05, 0) is 30.5 Å². The van der Waals surface area contributed by atoms with Crippen LogP contribution in [-0.2, 0) is 11.8 Å². The minimum atomic E-state index is -0.583. The molecule has 0 radical (unpaired) electrons. The minimum Gasteiger partial charge on any atom is -0.465 e. The average molecular weight is 273 g/mol. The third kappa shape index (κ3) is 2.11. The highest BCUT2D eigenvalue weighted by atomic mass is 16.5. The van der Waals surface area contributed by atoms with E-state index < -0.39 is 5.97 Å². The third-order valence-corrected chi connectivity index (χ3v) is 3.77. The molecule has 2 rings (SSSR count). The Hall–Kier alpha value is -2.10. The van der Waals surface area contributed by atoms with Gasteiger partial charge in [0.15, 0.2) is 0 Å². The van der Waals surface area contributed by atoms with Crippen LogP contribution in [0.25, 0.3) is 10.9 Å². The first-order chi connectivity index (χ1) is 9.38. The summed E-state index contributed by atoms with van der Waals surface area (Å²) in [6, 6.07) is 5.82. The number of fused-ring (bicyclic) bond motifs is 1. The molecular formula is C16H19NO3. The number of carbonyl (C=O) groups is 1. The first kappa shape index (κ1) is 14.3. The maximum atomic E-state index is 12.6. The zero-order valence-electron chi connectivity index (χ0n) is 12.5. The van der Waals surface area contributed by atoms with Gasteiger partial charge in [-0.3, -0.25) is 4.79 Å². The Balaban J connectivity index is 2.91. The van der Waals surface area contributed by atoms with Crippen molar-refractivity contribution in [2.24, 2.45) is 7.05 Å². The number of ether oxygens (including phenoxy) is 1. The number of hydrogen-bond acceptors (Lipinski definition) is 3. The Kier molecular flexibility index (Phi) is 3.66. The largest absolute Gasteiger partial charge is 0.465 e. The van der Waals surface area contributed by atoms with Gasteiger partial charge < -0.3 is 9.30 Å². The second-order valence-corrected chi connectivity index (χ2v) is 5.27. The Labute approximate surface area is 118 Å². The highest BCUT2D eigenvalue weighted by Crippen LogP contribution is 2.21. The normalized spacial score (nSPS) is 11.1. The lowest BCUT2D eigenvalue weighted by Gasteiger charge is -2.14. The second-order valence-electron chi connectivity index (χ2n) is 5.27. The van der Waals surface area contributed by atoms with Crippen LogP contribution in [0.4, 0.5) is 0 Å². The van der Waals surface area contributed by atoms with Crippen LogP contribution in [-0.4, -0.2) is 17.6 Å². The van der Waals surface area contributed by atoms with Gasteiger partial charge in [0, 0.05) is 18.1 Å². The lowest BCUT2D eigenvalue weighted by molar-refractivity contribution is 0.0597. The molecule has 0 aliphatic heterocycles. The fourth-order valence-electron chi connectivity index (χ4n) is 2.38. The summed E-state index contributed by atoms with van der Waals surface area (Å²) < 4.78 is 6.58. The molecule has 0 amide bonds. The highest BCUT2D eigenvalue weighted by molar-refractivity contribution is 5.95. The van der Waals surface area contributed by atoms with E-state index in [1.807, 2.05) is 29.8 Å². The van der Waals surface area contributed by atoms with Crippen molar-refractivity contribution in [2.75, 3.05) is 7.11 Å². The van der Waals surface area contributed by atoms with E-state index in [9.17, 15) is 9.59 Å². The van der Waals surface area contributed by atoms with Gasteiger partial charge in [0.1, 0.15) is 5.56 Å². The van der Waals surface area contributed by atoms with Crippen molar-refractivity contribution in [3.8, 4) is 0 Å². The van der Waals surface area contributed by atoms with Crippen LogP contribution in [0.15, 0.2) is 23.0 Å². The molecule has 4 nitrogen and oxygen atoms in total. The first-order valence-corrected chi connectivity index (χ1v) is 6.60. The summed E-state index contributed by atoms with van der Waals surface area (Å²) in [5.41, 5.74) is 2.37. The van der Waals surface area contributed by atoms with Crippen molar-refractivity contribution >= 4 is 16.9 Å². The molecule has 0 N–H and O–H groups in total. The van der Waals surface area contributed by atoms with E-state index in [0.717, 1.165) is 11.1 Å². The van der Waals surface area contributed by atoms with Gasteiger partial charge in [0.25, 0.3) is 0 Å². The standard InChI is InChI=1S/C16H19NO3/c1-9(2)11-6-7-13-12(8-11)15(18)14(16(19)20-5)10(3)17(13)4/h6-9H,1-5H3. The van der Waals surface area contributed by atoms with E-state index in [1.54, 1.807) is 6.92 Å². The summed E-state index contributed by atoms with van der Waals surface area (Å²) in [4.78, 5) is 24.4. The lowest BCUT2D eigenvalue weighted by atomic mass is 9.99. The molecule has 1 aromatic carbocycles. The van der Waals surface area contributed by atoms with E-state index in [4.69, 9.17) is 4.74 Å². The van der Waals surface area contributed by atoms with Crippen LogP contribution < -0.4 is 5.43 Å². The van der Waals surface area contributed by atoms with Gasteiger partial charge in [-0.25, -0.2) is 4.79 Å². The van der Waals surface area contributed by atoms with Crippen LogP contribution in [0.2, 0.25) is 0 Å². The summed E-state index contributed by atoms with van der Waals surface area (Å²) in [6.07, 6.45) is 0. The zero-order chi connectivity index (χ0) is 15.0. The SMILES string of the molecule is COC(=O)c1c(C)n(C)c2ccc(C(C)C)cc2c1=O. The number of pyridine rings is 1. The molecule has 0 spiro atoms. The second kappa shape index (κ2) is 5.12. The maximum Gasteiger partial charge on any atom is 0.343 e. The lowest BCUT2D eigenvalue weighted by Crippen LogP contribution is -2.22. The number of benzene rings is 1. The summed E-state index contributed by atoms with van der Waals surface area (Å²) in [6.45, 7) is 5.89. The quantitative estimate of drug-likeness (QED) is 0.790. The van der Waals surface area contributed by atoms with E-state index in [1.165, 1.54) is 7.11 Å². The number of carbonyl (C=O) groups excluding carboxylic acids is 1. The average Bonchev–Trinajstić information content (AvgIpc) is 2.44. The van der Waals surface area contributed by atoms with E-state index >= 15 is 0 Å². The van der Waals surface area contributed by atoms with Crippen molar-refractivity contribution in [1.82, 2.24) is 4.57 Å². The number of aryl methyl sites for hydroxylation is 1. The summed E-state index contributed by atoms with van der Waals surface area (Å²) in [5, 5.41) is 0.560. The number of methoxy groups -OCH3 is 1. The molecule has 0 saturated heterocycles. The van der Waals surface area contributed by atoms with Gasteiger partial charge in [-0.2, -0.15) is 0 Å². The Morgan fingerprint density at radius 1 is 1.30 bits per heavy atom. The van der Waals surface area contributed by atoms with Gasteiger partial charge in [-0.15, -0.1) is 0 Å². The van der Waals surface area contributed by atoms with Gasteiger partial charge >= 0.3 is 5.97 Å². The van der Waals surface area contributed by atoms with Crippen LogP contribution >= 0.6 is 0 Å². The molecule has 0 atom stereocenters. The van der Waals surface area contributed by atoms with E-state index in [2.05, 4.69) is 13.8 Å². The Morgan fingerprint density at radius 2 is 1.95 bits per heavy atom. The monoisotopic (exact) mass is 273 g/mol. The predicted octanol–water partition coefficient (Wildman–Crippen LogP) is 2.76. The van der Waals surface area contributed by atoms with E-state index in [0.29, 0.717) is 17.0 Å². The smallest absolute Gasteiger partial charge is 0.343 e. The van der Waals surface area contributed by atoms with Gasteiger partial charge in [0.05, 0.1) is 12.6 Å². The maximum absolute atomic E-state index is 12.6. The fraction of sp³-hybridized carbons (Fsp3) is 0.375. The topological polar surface area (TPSA) is 48.3 Å². The molecule has 0 fully saturated rings. The molecule has 1 heterocycles. The highest BCUT2D eigenvalue weighted by Gasteiger charge is 2.19. The molecular weight excluding hydrogens is 254 g/mol. The van der Waals surface area contributed by atoms with Crippen molar-refractivity contribution in [2.45, 2.75) is 26.7 Å². The molecule has 0 aliphatic carbocycles. The fourth-order valence-corrected chi connectivity index (χ4v) is 2.38. The van der Waals surface area contributed by atoms with Gasteiger partial charge in [0.2, 0.25) is 5.43 Å². The van der Waals surface area contributed by atoms with Crippen molar-refractivity contribution in [3.05, 3.63) is 45.2 Å². The van der Waals surface area contributed by atoms with Crippen molar-refractivity contribution in [1.29, 1.82) is 0 Å². The Morgan fingerprint density at radius 3 is 2.50 bits per heavy atom. The molecule has 1 aromatic heterocycles. The number of esters is 1. The number of hydrogen-bond donors (Lipinski definition) is 0. The van der Waals surface area contributed by atoms with Crippen LogP contribution in [0.3, 0.4) is 0 Å². The number of nitrogens with zero attached hydrogens (tertiary/aromatic N) is 1. The summed E-state index contributed by atoms with van der Waals surface area (Å²) >= 11 is 0. The van der Waals surface area contributed by atoms with Gasteiger partial charge in [-0.1, -0.05) is 19.9 Å². The van der Waals surface area contributed by atoms with E-state index in [-0.39, 0.29) is 11.0 Å². The van der Waals surface area contributed by atoms with Crippen molar-refractivity contribution < 1.29 is 9.53 Å². The number of rotatable bonds is 2. The van der Waals surface area contributed by atoms with Crippen LogP contribution in [0.5, 0.6) is 0 Å². The molecule has 0 saturated carbocycles. The molecule has 106 valence electrons. The zero-order valence-corrected chi connectivity index (χ0v) is 12.5.